The molecule has 1 aromatic carbocycles. The zero-order chi connectivity index (χ0) is 24.0. The summed E-state index contributed by atoms with van der Waals surface area (Å²) in [6, 6.07) is 4.08. The van der Waals surface area contributed by atoms with E-state index in [1.54, 1.807) is 23.6 Å². The van der Waals surface area contributed by atoms with Crippen LogP contribution < -0.4 is 0 Å². The summed E-state index contributed by atoms with van der Waals surface area (Å²) in [5.74, 6) is -0.109. The molecule has 1 saturated heterocycles. The minimum absolute atomic E-state index is 0.0227. The number of ether oxygens (including phenoxy) is 2. The molecule has 9 nitrogen and oxygen atoms in total. The first kappa shape index (κ1) is 22.8. The van der Waals surface area contributed by atoms with Gasteiger partial charge in [-0.25, -0.2) is 9.78 Å². The van der Waals surface area contributed by atoms with Gasteiger partial charge in [-0.05, 0) is 62.1 Å². The summed E-state index contributed by atoms with van der Waals surface area (Å²) in [4.78, 5) is 46.9. The van der Waals surface area contributed by atoms with Gasteiger partial charge < -0.3 is 23.8 Å². The van der Waals surface area contributed by atoms with Crippen LogP contribution in [0, 0.1) is 0 Å². The van der Waals surface area contributed by atoms with Gasteiger partial charge in [0.25, 0.3) is 5.91 Å². The lowest BCUT2D eigenvalue weighted by atomic mass is 9.91. The van der Waals surface area contributed by atoms with Crippen molar-refractivity contribution in [3.8, 4) is 0 Å². The topological polar surface area (TPSA) is 94.0 Å². The quantitative estimate of drug-likeness (QED) is 0.626. The highest BCUT2D eigenvalue weighted by Gasteiger charge is 2.36. The minimum atomic E-state index is -0.461. The van der Waals surface area contributed by atoms with Gasteiger partial charge >= 0.3 is 5.97 Å². The second-order valence-corrected chi connectivity index (χ2v) is 9.68. The lowest BCUT2D eigenvalue weighted by Crippen LogP contribution is -2.56. The van der Waals surface area contributed by atoms with Crippen LogP contribution in [0.1, 0.15) is 71.0 Å². The molecule has 0 spiro atoms. The number of carbonyl (C=O) groups excluding carboxylic acids is 3. The molecular formula is C25H32N4O5. The van der Waals surface area contributed by atoms with E-state index in [2.05, 4.69) is 4.98 Å². The Bertz CT molecular complexity index is 1130. The van der Waals surface area contributed by atoms with Crippen molar-refractivity contribution in [2.75, 3.05) is 33.9 Å². The standard InChI is InChI=1S/C25H32N4O5/c1-27-20-13-16(15-4-5-15)12-19(25(32)34-3)22(20)26-23(27)24(31)28-10-11-29(21(30)14-28)17-6-8-18(33-2)9-7-17/h12-13,15,17-18H,4-11,14H2,1-3H3. The van der Waals surface area contributed by atoms with E-state index < -0.39 is 5.97 Å². The fraction of sp³-hybridized carbons (Fsp3) is 0.600. The summed E-state index contributed by atoms with van der Waals surface area (Å²) in [6.45, 7) is 1.04. The van der Waals surface area contributed by atoms with E-state index in [1.165, 1.54) is 7.11 Å². The van der Waals surface area contributed by atoms with Crippen molar-refractivity contribution in [2.45, 2.75) is 56.6 Å². The molecule has 3 fully saturated rings. The van der Waals surface area contributed by atoms with E-state index >= 15 is 0 Å². The summed E-state index contributed by atoms with van der Waals surface area (Å²) in [5, 5.41) is 0. The number of fused-ring (bicyclic) bond motifs is 1. The number of benzene rings is 1. The Kier molecular flexibility index (Phi) is 6.06. The van der Waals surface area contributed by atoms with E-state index in [4.69, 9.17) is 9.47 Å². The number of nitrogens with zero attached hydrogens (tertiary/aromatic N) is 4. The molecule has 1 aliphatic heterocycles. The maximum absolute atomic E-state index is 13.4. The lowest BCUT2D eigenvalue weighted by Gasteiger charge is -2.41. The van der Waals surface area contributed by atoms with Crippen molar-refractivity contribution in [3.05, 3.63) is 29.1 Å². The Morgan fingerprint density at radius 3 is 2.38 bits per heavy atom. The van der Waals surface area contributed by atoms with Crippen LogP contribution in [-0.2, 0) is 21.3 Å². The number of carbonyl (C=O) groups is 3. The average Bonchev–Trinajstić information content (AvgIpc) is 3.66. The molecule has 0 unspecified atom stereocenters. The molecule has 3 aliphatic rings. The maximum atomic E-state index is 13.4. The lowest BCUT2D eigenvalue weighted by molar-refractivity contribution is -0.139. The summed E-state index contributed by atoms with van der Waals surface area (Å²) in [5.41, 5.74) is 2.64. The van der Waals surface area contributed by atoms with Crippen LogP contribution in [0.15, 0.2) is 12.1 Å². The second-order valence-electron chi connectivity index (χ2n) is 9.68. The number of aryl methyl sites for hydroxylation is 1. The second kappa shape index (κ2) is 9.02. The van der Waals surface area contributed by atoms with Crippen molar-refractivity contribution in [2.24, 2.45) is 7.05 Å². The molecule has 2 saturated carbocycles. The third-order valence-electron chi connectivity index (χ3n) is 7.62. The monoisotopic (exact) mass is 468 g/mol. The van der Waals surface area contributed by atoms with Gasteiger partial charge in [0.2, 0.25) is 5.91 Å². The van der Waals surface area contributed by atoms with Gasteiger partial charge in [0.1, 0.15) is 12.1 Å². The van der Waals surface area contributed by atoms with E-state index in [0.717, 1.165) is 49.6 Å². The molecule has 2 heterocycles. The Hall–Kier alpha value is -2.94. The molecule has 0 atom stereocenters. The van der Waals surface area contributed by atoms with E-state index in [-0.39, 0.29) is 36.3 Å². The first-order chi connectivity index (χ1) is 16.4. The predicted octanol–water partition coefficient (Wildman–Crippen LogP) is 2.48. The maximum Gasteiger partial charge on any atom is 0.340 e. The van der Waals surface area contributed by atoms with E-state index in [1.807, 2.05) is 17.0 Å². The van der Waals surface area contributed by atoms with Crippen LogP contribution in [-0.4, -0.2) is 83.1 Å². The van der Waals surface area contributed by atoms with Crippen molar-refractivity contribution < 1.29 is 23.9 Å². The van der Waals surface area contributed by atoms with Crippen molar-refractivity contribution in [1.29, 1.82) is 0 Å². The molecule has 0 bridgehead atoms. The number of esters is 1. The highest BCUT2D eigenvalue weighted by Crippen LogP contribution is 2.42. The first-order valence-corrected chi connectivity index (χ1v) is 12.1. The summed E-state index contributed by atoms with van der Waals surface area (Å²) >= 11 is 0. The van der Waals surface area contributed by atoms with Crippen LogP contribution in [0.3, 0.4) is 0 Å². The molecule has 182 valence electrons. The van der Waals surface area contributed by atoms with Gasteiger partial charge in [-0.2, -0.15) is 0 Å². The molecule has 2 aliphatic carbocycles. The van der Waals surface area contributed by atoms with Gasteiger partial charge in [-0.15, -0.1) is 0 Å². The van der Waals surface area contributed by atoms with Crippen LogP contribution >= 0.6 is 0 Å². The van der Waals surface area contributed by atoms with Gasteiger partial charge in [0.15, 0.2) is 5.82 Å². The average molecular weight is 469 g/mol. The fourth-order valence-electron chi connectivity index (χ4n) is 5.40. The van der Waals surface area contributed by atoms with Crippen LogP contribution in [0.4, 0.5) is 0 Å². The van der Waals surface area contributed by atoms with Crippen molar-refractivity contribution in [1.82, 2.24) is 19.4 Å². The number of piperazine rings is 1. The highest BCUT2D eigenvalue weighted by molar-refractivity contribution is 6.05. The third kappa shape index (κ3) is 4.06. The molecule has 9 heteroatoms. The number of imidazole rings is 1. The number of methoxy groups -OCH3 is 2. The normalized spacial score (nSPS) is 23.4. The summed E-state index contributed by atoms with van der Waals surface area (Å²) < 4.78 is 12.2. The van der Waals surface area contributed by atoms with Crippen LogP contribution in [0.25, 0.3) is 11.0 Å². The minimum Gasteiger partial charge on any atom is -0.465 e. The Morgan fingerprint density at radius 1 is 1.03 bits per heavy atom. The molecule has 34 heavy (non-hydrogen) atoms. The van der Waals surface area contributed by atoms with Gasteiger partial charge in [-0.1, -0.05) is 0 Å². The zero-order valence-electron chi connectivity index (χ0n) is 20.1. The molecular weight excluding hydrogens is 436 g/mol. The Labute approximate surface area is 199 Å². The number of hydrogen-bond acceptors (Lipinski definition) is 6. The number of aromatic nitrogens is 2. The Balaban J connectivity index is 1.36. The van der Waals surface area contributed by atoms with Crippen molar-refractivity contribution >= 4 is 28.8 Å². The molecule has 0 N–H and O–H groups in total. The number of hydrogen-bond donors (Lipinski definition) is 0. The fourth-order valence-corrected chi connectivity index (χ4v) is 5.40. The Morgan fingerprint density at radius 2 is 1.76 bits per heavy atom. The first-order valence-electron chi connectivity index (χ1n) is 12.1. The smallest absolute Gasteiger partial charge is 0.340 e. The SMILES string of the molecule is COC(=O)c1cc(C2CC2)cc2c1nc(C(=O)N1CCN(C3CCC(OC)CC3)C(=O)C1)n2C. The molecule has 2 amide bonds. The van der Waals surface area contributed by atoms with E-state index in [9.17, 15) is 14.4 Å². The van der Waals surface area contributed by atoms with Crippen molar-refractivity contribution in [3.63, 3.8) is 0 Å². The van der Waals surface area contributed by atoms with Crippen LogP contribution in [0.2, 0.25) is 0 Å². The van der Waals surface area contributed by atoms with Crippen LogP contribution in [0.5, 0.6) is 0 Å². The van der Waals surface area contributed by atoms with Gasteiger partial charge in [0, 0.05) is 33.3 Å². The third-order valence-corrected chi connectivity index (χ3v) is 7.62. The summed E-state index contributed by atoms with van der Waals surface area (Å²) in [6.07, 6.45) is 6.25. The summed E-state index contributed by atoms with van der Waals surface area (Å²) in [7, 11) is 4.87. The predicted molar refractivity (Wildman–Crippen MR) is 125 cm³/mol. The van der Waals surface area contributed by atoms with Gasteiger partial charge in [-0.3, -0.25) is 9.59 Å². The molecule has 0 radical (unpaired) electrons. The molecule has 2 aromatic rings. The largest absolute Gasteiger partial charge is 0.465 e. The highest BCUT2D eigenvalue weighted by atomic mass is 16.5. The zero-order valence-corrected chi connectivity index (χ0v) is 20.1. The van der Waals surface area contributed by atoms with Gasteiger partial charge in [0.05, 0.1) is 24.3 Å². The number of amides is 2. The molecule has 1 aromatic heterocycles. The van der Waals surface area contributed by atoms with E-state index in [0.29, 0.717) is 30.1 Å². The number of rotatable bonds is 5. The molecule has 5 rings (SSSR count).